The Balaban J connectivity index is 0.00000180. The van der Waals surface area contributed by atoms with Crippen LogP contribution < -0.4 is 15.4 Å². The van der Waals surface area contributed by atoms with Gasteiger partial charge in [-0.05, 0) is 47.4 Å². The van der Waals surface area contributed by atoms with E-state index in [9.17, 15) is 4.79 Å². The number of carbonyl (C=O) groups is 1. The number of methoxy groups -OCH3 is 1. The third-order valence-corrected chi connectivity index (χ3v) is 3.74. The van der Waals surface area contributed by atoms with Gasteiger partial charge in [0.15, 0.2) is 0 Å². The molecule has 0 aliphatic carbocycles. The molecular formula is C13H18BrClN2O2. The Hall–Kier alpha value is -0.780. The van der Waals surface area contributed by atoms with Gasteiger partial charge in [0.1, 0.15) is 5.75 Å². The molecule has 0 spiro atoms. The van der Waals surface area contributed by atoms with E-state index in [0.717, 1.165) is 41.8 Å². The Morgan fingerprint density at radius 3 is 2.95 bits per heavy atom. The molecule has 0 aromatic heterocycles. The minimum Gasteiger partial charge on any atom is -0.495 e. The molecule has 1 aliphatic heterocycles. The van der Waals surface area contributed by atoms with Gasteiger partial charge in [0.05, 0.1) is 17.5 Å². The summed E-state index contributed by atoms with van der Waals surface area (Å²) in [7, 11) is 1.61. The molecule has 19 heavy (non-hydrogen) atoms. The summed E-state index contributed by atoms with van der Waals surface area (Å²) in [5, 5.41) is 6.17. The molecule has 1 aromatic rings. The summed E-state index contributed by atoms with van der Waals surface area (Å²) in [6.45, 7) is 1.77. The van der Waals surface area contributed by atoms with Crippen LogP contribution in [0.15, 0.2) is 22.7 Å². The second-order valence-electron chi connectivity index (χ2n) is 4.38. The van der Waals surface area contributed by atoms with Crippen molar-refractivity contribution >= 4 is 39.9 Å². The van der Waals surface area contributed by atoms with E-state index < -0.39 is 0 Å². The summed E-state index contributed by atoms with van der Waals surface area (Å²) in [6.07, 6.45) is 2.01. The average Bonchev–Trinajstić information content (AvgIpc) is 2.42. The van der Waals surface area contributed by atoms with Gasteiger partial charge in [-0.25, -0.2) is 0 Å². The zero-order valence-electron chi connectivity index (χ0n) is 10.7. The van der Waals surface area contributed by atoms with Crippen LogP contribution in [-0.2, 0) is 4.79 Å². The quantitative estimate of drug-likeness (QED) is 0.882. The standard InChI is InChI=1S/C13H17BrN2O2.ClH/c1-18-12-7-10(4-5-11(12)14)16-13(17)9-3-2-6-15-8-9;/h4-5,7,9,15H,2-3,6,8H2,1H3,(H,16,17);1H. The lowest BCUT2D eigenvalue weighted by Crippen LogP contribution is -2.37. The number of rotatable bonds is 3. The number of amides is 1. The third-order valence-electron chi connectivity index (χ3n) is 3.09. The highest BCUT2D eigenvalue weighted by atomic mass is 79.9. The lowest BCUT2D eigenvalue weighted by Gasteiger charge is -2.22. The highest BCUT2D eigenvalue weighted by Crippen LogP contribution is 2.28. The Morgan fingerprint density at radius 1 is 1.53 bits per heavy atom. The summed E-state index contributed by atoms with van der Waals surface area (Å²) in [6, 6.07) is 5.55. The predicted molar refractivity (Wildman–Crippen MR) is 82.2 cm³/mol. The Labute approximate surface area is 127 Å². The van der Waals surface area contributed by atoms with Crippen molar-refractivity contribution in [1.29, 1.82) is 0 Å². The van der Waals surface area contributed by atoms with Crippen molar-refractivity contribution in [1.82, 2.24) is 5.32 Å². The lowest BCUT2D eigenvalue weighted by molar-refractivity contribution is -0.120. The van der Waals surface area contributed by atoms with Gasteiger partial charge >= 0.3 is 0 Å². The van der Waals surface area contributed by atoms with E-state index in [1.54, 1.807) is 7.11 Å². The maximum Gasteiger partial charge on any atom is 0.228 e. The molecule has 6 heteroatoms. The molecule has 1 fully saturated rings. The maximum atomic E-state index is 12.0. The molecule has 0 radical (unpaired) electrons. The summed E-state index contributed by atoms with van der Waals surface area (Å²) in [5.41, 5.74) is 0.769. The molecule has 1 saturated heterocycles. The topological polar surface area (TPSA) is 50.4 Å². The molecule has 1 amide bonds. The lowest BCUT2D eigenvalue weighted by atomic mass is 9.99. The van der Waals surface area contributed by atoms with Crippen LogP contribution in [0.2, 0.25) is 0 Å². The van der Waals surface area contributed by atoms with Gasteiger partial charge in [-0.15, -0.1) is 12.4 Å². The first-order valence-corrected chi connectivity index (χ1v) is 6.85. The fraction of sp³-hybridized carbons (Fsp3) is 0.462. The number of anilines is 1. The van der Waals surface area contributed by atoms with Crippen LogP contribution in [0.4, 0.5) is 5.69 Å². The van der Waals surface area contributed by atoms with E-state index in [1.807, 2.05) is 18.2 Å². The van der Waals surface area contributed by atoms with Crippen molar-refractivity contribution in [2.75, 3.05) is 25.5 Å². The van der Waals surface area contributed by atoms with E-state index >= 15 is 0 Å². The number of halogens is 2. The smallest absolute Gasteiger partial charge is 0.228 e. The van der Waals surface area contributed by atoms with Gasteiger partial charge in [-0.2, -0.15) is 0 Å². The largest absolute Gasteiger partial charge is 0.495 e. The SMILES string of the molecule is COc1cc(NC(=O)C2CCCNC2)ccc1Br.Cl. The summed E-state index contributed by atoms with van der Waals surface area (Å²) >= 11 is 3.39. The van der Waals surface area contributed by atoms with Gasteiger partial charge in [0.2, 0.25) is 5.91 Å². The van der Waals surface area contributed by atoms with Crippen molar-refractivity contribution < 1.29 is 9.53 Å². The summed E-state index contributed by atoms with van der Waals surface area (Å²) in [4.78, 5) is 12.0. The van der Waals surface area contributed by atoms with Gasteiger partial charge in [-0.3, -0.25) is 4.79 Å². The van der Waals surface area contributed by atoms with Gasteiger partial charge < -0.3 is 15.4 Å². The third kappa shape index (κ3) is 4.37. The molecule has 1 atom stereocenters. The van der Waals surface area contributed by atoms with Crippen LogP contribution >= 0.6 is 28.3 Å². The first-order valence-electron chi connectivity index (χ1n) is 6.06. The molecule has 0 bridgehead atoms. The van der Waals surface area contributed by atoms with E-state index in [4.69, 9.17) is 4.74 Å². The minimum absolute atomic E-state index is 0. The van der Waals surface area contributed by atoms with Gasteiger partial charge in [-0.1, -0.05) is 0 Å². The maximum absolute atomic E-state index is 12.0. The fourth-order valence-electron chi connectivity index (χ4n) is 2.06. The normalized spacial score (nSPS) is 18.3. The highest BCUT2D eigenvalue weighted by molar-refractivity contribution is 9.10. The van der Waals surface area contributed by atoms with Crippen molar-refractivity contribution in [3.05, 3.63) is 22.7 Å². The van der Waals surface area contributed by atoms with E-state index in [0.29, 0.717) is 0 Å². The monoisotopic (exact) mass is 348 g/mol. The Bertz CT molecular complexity index is 437. The number of piperidine rings is 1. The van der Waals surface area contributed by atoms with Gasteiger partial charge in [0.25, 0.3) is 0 Å². The van der Waals surface area contributed by atoms with Crippen molar-refractivity contribution in [2.45, 2.75) is 12.8 Å². The van der Waals surface area contributed by atoms with Crippen LogP contribution in [0.25, 0.3) is 0 Å². The number of hydrogen-bond acceptors (Lipinski definition) is 3. The van der Waals surface area contributed by atoms with Crippen molar-refractivity contribution in [2.24, 2.45) is 5.92 Å². The number of nitrogens with one attached hydrogen (secondary N) is 2. The van der Waals surface area contributed by atoms with Crippen molar-refractivity contribution in [3.63, 3.8) is 0 Å². The molecule has 4 nitrogen and oxygen atoms in total. The molecule has 1 aliphatic rings. The molecule has 1 heterocycles. The molecule has 1 unspecified atom stereocenters. The zero-order valence-corrected chi connectivity index (χ0v) is 13.1. The van der Waals surface area contributed by atoms with Crippen LogP contribution in [0.5, 0.6) is 5.75 Å². The molecule has 106 valence electrons. The zero-order chi connectivity index (χ0) is 13.0. The number of ether oxygens (including phenoxy) is 1. The molecule has 2 N–H and O–H groups in total. The molecule has 2 rings (SSSR count). The Morgan fingerprint density at radius 2 is 2.32 bits per heavy atom. The molecule has 0 saturated carbocycles. The van der Waals surface area contributed by atoms with Gasteiger partial charge in [0, 0.05) is 18.3 Å². The van der Waals surface area contributed by atoms with Crippen LogP contribution in [0.3, 0.4) is 0 Å². The second kappa shape index (κ2) is 7.72. The fourth-order valence-corrected chi connectivity index (χ4v) is 2.47. The van der Waals surface area contributed by atoms with Crippen LogP contribution in [0, 0.1) is 5.92 Å². The second-order valence-corrected chi connectivity index (χ2v) is 5.24. The summed E-state index contributed by atoms with van der Waals surface area (Å²) < 4.78 is 6.08. The average molecular weight is 350 g/mol. The van der Waals surface area contributed by atoms with E-state index in [2.05, 4.69) is 26.6 Å². The van der Waals surface area contributed by atoms with Crippen LogP contribution in [0.1, 0.15) is 12.8 Å². The summed E-state index contributed by atoms with van der Waals surface area (Å²) in [5.74, 6) is 0.856. The first kappa shape index (κ1) is 16.3. The first-order chi connectivity index (χ1) is 8.70. The minimum atomic E-state index is 0. The molecule has 1 aromatic carbocycles. The van der Waals surface area contributed by atoms with E-state index in [1.165, 1.54) is 0 Å². The highest BCUT2D eigenvalue weighted by Gasteiger charge is 2.20. The van der Waals surface area contributed by atoms with Crippen LogP contribution in [-0.4, -0.2) is 26.1 Å². The van der Waals surface area contributed by atoms with Crippen molar-refractivity contribution in [3.8, 4) is 5.75 Å². The Kier molecular flexibility index (Phi) is 6.62. The predicted octanol–water partition coefficient (Wildman–Crippen LogP) is 2.82. The number of hydrogen-bond donors (Lipinski definition) is 2. The number of benzene rings is 1. The van der Waals surface area contributed by atoms with E-state index in [-0.39, 0.29) is 24.2 Å². The number of carbonyl (C=O) groups excluding carboxylic acids is 1. The molecular weight excluding hydrogens is 332 g/mol.